The lowest BCUT2D eigenvalue weighted by atomic mass is 9.96. The molecule has 3 N–H and O–H groups in total. The van der Waals surface area contributed by atoms with Gasteiger partial charge in [0.15, 0.2) is 6.54 Å². The van der Waals surface area contributed by atoms with Crippen molar-refractivity contribution in [3.63, 3.8) is 0 Å². The molecule has 0 saturated carbocycles. The molecule has 0 unspecified atom stereocenters. The molecule has 1 heterocycles. The van der Waals surface area contributed by atoms with Crippen LogP contribution in [0.5, 0.6) is 0 Å². The summed E-state index contributed by atoms with van der Waals surface area (Å²) in [5, 5.41) is 16.0. The van der Waals surface area contributed by atoms with E-state index in [0.29, 0.717) is 16.5 Å². The SMILES string of the molecule is CC(C)[C@@H]([NH2+]CC(=O)Nc1sccc1C#N)c1ccc(F)cc1. The maximum absolute atomic E-state index is 13.0. The van der Waals surface area contributed by atoms with Gasteiger partial charge in [-0.05, 0) is 23.6 Å². The Kier molecular flexibility index (Phi) is 5.85. The molecular formula is C17H19FN3OS+. The Morgan fingerprint density at radius 3 is 2.65 bits per heavy atom. The number of hydrogen-bond donors (Lipinski definition) is 2. The maximum Gasteiger partial charge on any atom is 0.280 e. The van der Waals surface area contributed by atoms with Gasteiger partial charge in [0.25, 0.3) is 5.91 Å². The molecule has 0 saturated heterocycles. The standard InChI is InChI=1S/C17H18FN3OS/c1-11(2)16(12-3-5-14(18)6-4-12)20-10-15(22)21-17-13(9-19)7-8-23-17/h3-8,11,16,20H,10H2,1-2H3,(H,21,22)/p+1/t16-/m1/s1. The average Bonchev–Trinajstić information content (AvgIpc) is 2.96. The number of carbonyl (C=O) groups excluding carboxylic acids is 1. The molecule has 1 aromatic carbocycles. The predicted molar refractivity (Wildman–Crippen MR) is 88.4 cm³/mol. The summed E-state index contributed by atoms with van der Waals surface area (Å²) in [6, 6.07) is 10.2. The van der Waals surface area contributed by atoms with Crippen LogP contribution in [0, 0.1) is 23.1 Å². The van der Waals surface area contributed by atoms with Gasteiger partial charge in [0.05, 0.1) is 5.56 Å². The average molecular weight is 332 g/mol. The van der Waals surface area contributed by atoms with Crippen molar-refractivity contribution in [3.8, 4) is 6.07 Å². The molecule has 0 aliphatic rings. The molecule has 0 aliphatic heterocycles. The molecule has 23 heavy (non-hydrogen) atoms. The third-order valence-corrected chi connectivity index (χ3v) is 4.40. The number of hydrogen-bond acceptors (Lipinski definition) is 3. The van der Waals surface area contributed by atoms with Gasteiger partial charge in [0.2, 0.25) is 0 Å². The summed E-state index contributed by atoms with van der Waals surface area (Å²) < 4.78 is 13.0. The lowest BCUT2D eigenvalue weighted by Crippen LogP contribution is -2.88. The zero-order chi connectivity index (χ0) is 16.8. The largest absolute Gasteiger partial charge is 0.332 e. The maximum atomic E-state index is 13.0. The van der Waals surface area contributed by atoms with Gasteiger partial charge in [-0.2, -0.15) is 5.26 Å². The number of nitriles is 1. The predicted octanol–water partition coefficient (Wildman–Crippen LogP) is 2.66. The fourth-order valence-electron chi connectivity index (χ4n) is 2.38. The second kappa shape index (κ2) is 7.86. The number of halogens is 1. The Morgan fingerprint density at radius 2 is 2.04 bits per heavy atom. The minimum atomic E-state index is -0.268. The number of nitrogens with one attached hydrogen (secondary N) is 1. The lowest BCUT2D eigenvalue weighted by Gasteiger charge is -2.19. The fraction of sp³-hybridized carbons (Fsp3) is 0.294. The van der Waals surface area contributed by atoms with Gasteiger partial charge in [0.1, 0.15) is 22.9 Å². The highest BCUT2D eigenvalue weighted by Gasteiger charge is 2.21. The van der Waals surface area contributed by atoms with Gasteiger partial charge in [-0.25, -0.2) is 4.39 Å². The zero-order valence-electron chi connectivity index (χ0n) is 13.0. The molecule has 1 amide bonds. The van der Waals surface area contributed by atoms with Crippen molar-refractivity contribution >= 4 is 22.2 Å². The molecule has 0 fully saturated rings. The van der Waals surface area contributed by atoms with E-state index in [1.807, 2.05) is 11.4 Å². The molecule has 6 heteroatoms. The van der Waals surface area contributed by atoms with E-state index in [-0.39, 0.29) is 24.3 Å². The van der Waals surface area contributed by atoms with E-state index < -0.39 is 0 Å². The van der Waals surface area contributed by atoms with E-state index in [0.717, 1.165) is 5.56 Å². The highest BCUT2D eigenvalue weighted by Crippen LogP contribution is 2.22. The minimum Gasteiger partial charge on any atom is -0.332 e. The molecule has 0 radical (unpaired) electrons. The number of thiophene rings is 1. The number of anilines is 1. The van der Waals surface area contributed by atoms with E-state index >= 15 is 0 Å². The Morgan fingerprint density at radius 1 is 1.35 bits per heavy atom. The van der Waals surface area contributed by atoms with Crippen LogP contribution in [0.25, 0.3) is 0 Å². The number of amides is 1. The summed E-state index contributed by atoms with van der Waals surface area (Å²) in [6.07, 6.45) is 0. The molecule has 0 bridgehead atoms. The summed E-state index contributed by atoms with van der Waals surface area (Å²) in [5.41, 5.74) is 1.46. The molecule has 2 aromatic rings. The molecule has 0 spiro atoms. The molecular weight excluding hydrogens is 313 g/mol. The second-order valence-corrected chi connectivity index (χ2v) is 6.50. The smallest absolute Gasteiger partial charge is 0.280 e. The highest BCUT2D eigenvalue weighted by molar-refractivity contribution is 7.14. The monoisotopic (exact) mass is 332 g/mol. The van der Waals surface area contributed by atoms with E-state index in [1.165, 1.54) is 23.5 Å². The Balaban J connectivity index is 1.97. The van der Waals surface area contributed by atoms with Crippen LogP contribution in [0.3, 0.4) is 0 Å². The van der Waals surface area contributed by atoms with Crippen LogP contribution in [0.4, 0.5) is 9.39 Å². The first-order valence-corrected chi connectivity index (χ1v) is 8.25. The molecule has 120 valence electrons. The summed E-state index contributed by atoms with van der Waals surface area (Å²) >= 11 is 1.33. The van der Waals surface area contributed by atoms with Crippen molar-refractivity contribution in [2.75, 3.05) is 11.9 Å². The van der Waals surface area contributed by atoms with Crippen molar-refractivity contribution in [1.29, 1.82) is 5.26 Å². The van der Waals surface area contributed by atoms with Gasteiger partial charge in [-0.15, -0.1) is 11.3 Å². The first-order valence-electron chi connectivity index (χ1n) is 7.37. The summed E-state index contributed by atoms with van der Waals surface area (Å²) in [5.74, 6) is -0.128. The van der Waals surface area contributed by atoms with Crippen LogP contribution in [-0.2, 0) is 4.79 Å². The van der Waals surface area contributed by atoms with Crippen molar-refractivity contribution in [3.05, 3.63) is 52.7 Å². The Labute approximate surface area is 139 Å². The number of quaternary nitrogens is 1. The Hall–Kier alpha value is -2.23. The third-order valence-electron chi connectivity index (χ3n) is 3.57. The lowest BCUT2D eigenvalue weighted by molar-refractivity contribution is -0.692. The summed E-state index contributed by atoms with van der Waals surface area (Å²) in [7, 11) is 0. The highest BCUT2D eigenvalue weighted by atomic mass is 32.1. The Bertz CT molecular complexity index is 703. The number of benzene rings is 1. The molecule has 1 aromatic heterocycles. The fourth-order valence-corrected chi connectivity index (χ4v) is 3.14. The summed E-state index contributed by atoms with van der Waals surface area (Å²) in [4.78, 5) is 12.1. The number of rotatable bonds is 6. The molecule has 0 aliphatic carbocycles. The van der Waals surface area contributed by atoms with Gasteiger partial charge in [0, 0.05) is 11.5 Å². The first-order chi connectivity index (χ1) is 11.0. The molecule has 2 rings (SSSR count). The van der Waals surface area contributed by atoms with E-state index in [1.54, 1.807) is 23.6 Å². The summed E-state index contributed by atoms with van der Waals surface area (Å²) in [6.45, 7) is 4.37. The van der Waals surface area contributed by atoms with E-state index in [9.17, 15) is 9.18 Å². The van der Waals surface area contributed by atoms with Crippen LogP contribution in [0.15, 0.2) is 35.7 Å². The van der Waals surface area contributed by atoms with Crippen LogP contribution < -0.4 is 10.6 Å². The first kappa shape index (κ1) is 17.1. The van der Waals surface area contributed by atoms with Crippen molar-refractivity contribution < 1.29 is 14.5 Å². The van der Waals surface area contributed by atoms with Crippen LogP contribution >= 0.6 is 11.3 Å². The zero-order valence-corrected chi connectivity index (χ0v) is 13.9. The number of carbonyl (C=O) groups is 1. The van der Waals surface area contributed by atoms with Crippen molar-refractivity contribution in [1.82, 2.24) is 0 Å². The van der Waals surface area contributed by atoms with Gasteiger partial charge >= 0.3 is 0 Å². The molecule has 1 atom stereocenters. The van der Waals surface area contributed by atoms with Crippen LogP contribution in [-0.4, -0.2) is 12.5 Å². The number of nitrogens with zero attached hydrogens (tertiary/aromatic N) is 1. The quantitative estimate of drug-likeness (QED) is 0.854. The van der Waals surface area contributed by atoms with Crippen molar-refractivity contribution in [2.24, 2.45) is 5.92 Å². The van der Waals surface area contributed by atoms with Crippen LogP contribution in [0.1, 0.15) is 31.0 Å². The normalized spacial score (nSPS) is 12.0. The van der Waals surface area contributed by atoms with E-state index in [2.05, 4.69) is 19.2 Å². The molecule has 4 nitrogen and oxygen atoms in total. The van der Waals surface area contributed by atoms with Crippen molar-refractivity contribution in [2.45, 2.75) is 19.9 Å². The minimum absolute atomic E-state index is 0.0696. The topological polar surface area (TPSA) is 69.5 Å². The van der Waals surface area contributed by atoms with Gasteiger partial charge in [-0.1, -0.05) is 26.0 Å². The third kappa shape index (κ3) is 4.62. The van der Waals surface area contributed by atoms with Gasteiger partial charge < -0.3 is 10.6 Å². The number of nitrogens with two attached hydrogens (primary N) is 1. The van der Waals surface area contributed by atoms with Gasteiger partial charge in [-0.3, -0.25) is 4.79 Å². The second-order valence-electron chi connectivity index (χ2n) is 5.58. The van der Waals surface area contributed by atoms with E-state index in [4.69, 9.17) is 5.26 Å². The van der Waals surface area contributed by atoms with Crippen LogP contribution in [0.2, 0.25) is 0 Å².